The standard InChI is InChI=1S/C47H80N3O4/c1-7-8-9-10-11-12-13-14-15-16-17-20-23-26-29-32-46(51)53-39-44(38-50(4,5)6)54-47(52)33-30-27-24-21-18-19-22-25-28-31-42-34-35-43(49-42)37-45-40(2)36-41(3)48-45/h14-15,34-37,44,49H,7-13,16-33,38-39H2,1-6H3/q+1/b15-14-,45-37-. The van der Waals surface area contributed by atoms with Gasteiger partial charge in [0.25, 0.3) is 0 Å². The number of hydrogen-bond donors (Lipinski definition) is 1. The summed E-state index contributed by atoms with van der Waals surface area (Å²) in [5.41, 5.74) is 5.78. The highest BCUT2D eigenvalue weighted by Crippen LogP contribution is 2.22. The quantitative estimate of drug-likeness (QED) is 0.0336. The number of carbonyl (C=O) groups excluding carboxylic acids is 2. The Balaban J connectivity index is 1.45. The fourth-order valence-corrected chi connectivity index (χ4v) is 7.08. The SMILES string of the molecule is CCCCCCCC/C=C\CCCCCCCC(=O)OCC(C[N+](C)(C)C)OC(=O)CCCCCCCCCCCc1ccc(/C=C2\N=C(C)C=C2C)[nH]1. The number of aliphatic imine (C=N–C) groups is 1. The van der Waals surface area contributed by atoms with Crippen LogP contribution < -0.4 is 0 Å². The van der Waals surface area contributed by atoms with Gasteiger partial charge in [-0.2, -0.15) is 0 Å². The van der Waals surface area contributed by atoms with Crippen molar-refractivity contribution in [3.8, 4) is 0 Å². The van der Waals surface area contributed by atoms with Crippen molar-refractivity contribution in [2.75, 3.05) is 34.3 Å². The van der Waals surface area contributed by atoms with Crippen LogP contribution >= 0.6 is 0 Å². The average Bonchev–Trinajstić information content (AvgIpc) is 3.70. The maximum Gasteiger partial charge on any atom is 0.306 e. The lowest BCUT2D eigenvalue weighted by molar-refractivity contribution is -0.873. The van der Waals surface area contributed by atoms with E-state index in [9.17, 15) is 9.59 Å². The number of aromatic nitrogens is 1. The fraction of sp³-hybridized carbons (Fsp3) is 0.723. The number of rotatable bonds is 33. The third-order valence-electron chi connectivity index (χ3n) is 10.1. The second-order valence-corrected chi connectivity index (χ2v) is 16.8. The van der Waals surface area contributed by atoms with Gasteiger partial charge in [0.05, 0.1) is 26.8 Å². The molecule has 1 atom stereocenters. The van der Waals surface area contributed by atoms with E-state index in [0.717, 1.165) is 68.5 Å². The Hall–Kier alpha value is -2.93. The van der Waals surface area contributed by atoms with Crippen LogP contribution in [0.5, 0.6) is 0 Å². The molecule has 0 amide bonds. The summed E-state index contributed by atoms with van der Waals surface area (Å²) in [6.07, 6.45) is 37.1. The molecule has 2 rings (SSSR count). The van der Waals surface area contributed by atoms with Crippen LogP contribution in [0.4, 0.5) is 0 Å². The van der Waals surface area contributed by atoms with Gasteiger partial charge in [-0.05, 0) is 95.1 Å². The number of carbonyl (C=O) groups is 2. The molecule has 1 aromatic heterocycles. The van der Waals surface area contributed by atoms with Gasteiger partial charge in [-0.15, -0.1) is 0 Å². The second-order valence-electron chi connectivity index (χ2n) is 16.8. The van der Waals surface area contributed by atoms with E-state index in [-0.39, 0.29) is 18.5 Å². The molecular formula is C47H80N3O4+. The highest BCUT2D eigenvalue weighted by Gasteiger charge is 2.24. The molecular weight excluding hydrogens is 671 g/mol. The molecule has 0 fully saturated rings. The molecule has 1 aliphatic heterocycles. The number of H-pyrrole nitrogens is 1. The molecule has 7 heteroatoms. The van der Waals surface area contributed by atoms with E-state index >= 15 is 0 Å². The van der Waals surface area contributed by atoms with Crippen molar-refractivity contribution in [3.63, 3.8) is 0 Å². The number of nitrogens with one attached hydrogen (secondary N) is 1. The van der Waals surface area contributed by atoms with Gasteiger partial charge >= 0.3 is 11.9 Å². The molecule has 1 aliphatic rings. The van der Waals surface area contributed by atoms with Gasteiger partial charge in [0.1, 0.15) is 13.2 Å². The van der Waals surface area contributed by atoms with E-state index in [1.54, 1.807) is 0 Å². The zero-order chi connectivity index (χ0) is 39.3. The molecule has 0 aromatic carbocycles. The van der Waals surface area contributed by atoms with Gasteiger partial charge in [0, 0.05) is 29.9 Å². The van der Waals surface area contributed by atoms with Crippen LogP contribution in [0.2, 0.25) is 0 Å². The number of quaternary nitrogens is 1. The highest BCUT2D eigenvalue weighted by atomic mass is 16.6. The molecule has 1 aromatic rings. The molecule has 0 saturated carbocycles. The van der Waals surface area contributed by atoms with Gasteiger partial charge in [-0.1, -0.05) is 115 Å². The molecule has 0 bridgehead atoms. The zero-order valence-corrected chi connectivity index (χ0v) is 35.7. The molecule has 2 heterocycles. The number of aromatic amines is 1. The van der Waals surface area contributed by atoms with Crippen LogP contribution in [0.15, 0.2) is 46.6 Å². The highest BCUT2D eigenvalue weighted by molar-refractivity contribution is 5.98. The van der Waals surface area contributed by atoms with Crippen molar-refractivity contribution < 1.29 is 23.5 Å². The summed E-state index contributed by atoms with van der Waals surface area (Å²) < 4.78 is 12.0. The van der Waals surface area contributed by atoms with E-state index in [0.29, 0.717) is 23.9 Å². The fourth-order valence-electron chi connectivity index (χ4n) is 7.08. The number of unbranched alkanes of at least 4 members (excludes halogenated alkanes) is 19. The van der Waals surface area contributed by atoms with Crippen LogP contribution in [-0.2, 0) is 25.5 Å². The Bertz CT molecular complexity index is 1280. The monoisotopic (exact) mass is 751 g/mol. The van der Waals surface area contributed by atoms with Crippen LogP contribution in [0.25, 0.3) is 6.08 Å². The number of ether oxygens (including phenoxy) is 2. The minimum absolute atomic E-state index is 0.141. The van der Waals surface area contributed by atoms with Crippen molar-refractivity contribution in [2.24, 2.45) is 4.99 Å². The summed E-state index contributed by atoms with van der Waals surface area (Å²) in [6, 6.07) is 4.35. The smallest absolute Gasteiger partial charge is 0.306 e. The topological polar surface area (TPSA) is 80.8 Å². The van der Waals surface area contributed by atoms with Crippen molar-refractivity contribution in [2.45, 2.75) is 187 Å². The van der Waals surface area contributed by atoms with Crippen molar-refractivity contribution in [1.29, 1.82) is 0 Å². The van der Waals surface area contributed by atoms with Gasteiger partial charge in [0.2, 0.25) is 0 Å². The Morgan fingerprint density at radius 2 is 1.26 bits per heavy atom. The molecule has 0 spiro atoms. The lowest BCUT2D eigenvalue weighted by Gasteiger charge is -2.28. The Kier molecular flexibility index (Phi) is 25.7. The number of hydrogen-bond acceptors (Lipinski definition) is 5. The van der Waals surface area contributed by atoms with Crippen molar-refractivity contribution in [3.05, 3.63) is 53.0 Å². The number of aryl methyl sites for hydroxylation is 1. The molecule has 54 heavy (non-hydrogen) atoms. The van der Waals surface area contributed by atoms with E-state index in [1.165, 1.54) is 108 Å². The van der Waals surface area contributed by atoms with Crippen molar-refractivity contribution >= 4 is 23.7 Å². The predicted octanol–water partition coefficient (Wildman–Crippen LogP) is 12.4. The zero-order valence-electron chi connectivity index (χ0n) is 35.7. The summed E-state index contributed by atoms with van der Waals surface area (Å²) in [6.45, 7) is 7.17. The average molecular weight is 751 g/mol. The van der Waals surface area contributed by atoms with Crippen molar-refractivity contribution in [1.82, 2.24) is 4.98 Å². The molecule has 1 N–H and O–H groups in total. The molecule has 0 radical (unpaired) electrons. The predicted molar refractivity (Wildman–Crippen MR) is 229 cm³/mol. The van der Waals surface area contributed by atoms with E-state index < -0.39 is 6.10 Å². The molecule has 0 saturated heterocycles. The normalized spacial score (nSPS) is 14.5. The van der Waals surface area contributed by atoms with Gasteiger partial charge in [-0.3, -0.25) is 14.6 Å². The molecule has 1 unspecified atom stereocenters. The first-order valence-electron chi connectivity index (χ1n) is 22.0. The second kappa shape index (κ2) is 29.4. The minimum atomic E-state index is -0.412. The van der Waals surface area contributed by atoms with Crippen LogP contribution in [-0.4, -0.2) is 67.5 Å². The lowest BCUT2D eigenvalue weighted by Crippen LogP contribution is -2.45. The first-order valence-corrected chi connectivity index (χ1v) is 22.0. The summed E-state index contributed by atoms with van der Waals surface area (Å²) in [7, 11) is 6.20. The Labute approximate surface area is 331 Å². The summed E-state index contributed by atoms with van der Waals surface area (Å²) in [5, 5.41) is 0. The third-order valence-corrected chi connectivity index (χ3v) is 10.1. The maximum absolute atomic E-state index is 12.7. The minimum Gasteiger partial charge on any atom is -0.461 e. The van der Waals surface area contributed by atoms with Crippen LogP contribution in [0, 0.1) is 0 Å². The Morgan fingerprint density at radius 3 is 1.81 bits per heavy atom. The number of likely N-dealkylation sites (N-methyl/N-ethyl adjacent to an activating group) is 1. The lowest BCUT2D eigenvalue weighted by atomic mass is 10.1. The van der Waals surface area contributed by atoms with E-state index in [2.05, 4.69) is 81.4 Å². The number of nitrogens with zero attached hydrogens (tertiary/aromatic N) is 2. The number of esters is 2. The first kappa shape index (κ1) is 47.2. The van der Waals surface area contributed by atoms with Gasteiger partial charge < -0.3 is 18.9 Å². The molecule has 7 nitrogen and oxygen atoms in total. The van der Waals surface area contributed by atoms with Gasteiger partial charge in [-0.25, -0.2) is 0 Å². The van der Waals surface area contributed by atoms with Crippen LogP contribution in [0.3, 0.4) is 0 Å². The van der Waals surface area contributed by atoms with E-state index in [4.69, 9.17) is 9.47 Å². The summed E-state index contributed by atoms with van der Waals surface area (Å²) >= 11 is 0. The Morgan fingerprint density at radius 1 is 0.722 bits per heavy atom. The third kappa shape index (κ3) is 25.2. The van der Waals surface area contributed by atoms with Crippen LogP contribution in [0.1, 0.15) is 186 Å². The van der Waals surface area contributed by atoms with E-state index in [1.807, 2.05) is 6.92 Å². The summed E-state index contributed by atoms with van der Waals surface area (Å²) in [5.74, 6) is -0.363. The molecule has 306 valence electrons. The number of allylic oxidation sites excluding steroid dienone is 4. The molecule has 0 aliphatic carbocycles. The first-order chi connectivity index (χ1) is 26.1. The largest absolute Gasteiger partial charge is 0.461 e. The summed E-state index contributed by atoms with van der Waals surface area (Å²) in [4.78, 5) is 33.2. The van der Waals surface area contributed by atoms with Gasteiger partial charge in [0.15, 0.2) is 6.10 Å². The maximum atomic E-state index is 12.7.